The Hall–Kier alpha value is -1.54. The maximum atomic E-state index is 3.65. The molecule has 1 atom stereocenters. The number of rotatable bonds is 1. The Balaban J connectivity index is 1.87. The minimum absolute atomic E-state index is 0.301. The van der Waals surface area contributed by atoms with Crippen molar-refractivity contribution in [2.75, 3.05) is 24.5 Å². The van der Waals surface area contributed by atoms with Crippen LogP contribution in [-0.2, 0) is 0 Å². The quantitative estimate of drug-likeness (QED) is 0.849. The van der Waals surface area contributed by atoms with E-state index in [0.29, 0.717) is 11.5 Å². The number of anilines is 1. The minimum Gasteiger partial charge on any atom is -0.369 e. The molecule has 1 unspecified atom stereocenters. The van der Waals surface area contributed by atoms with Crippen LogP contribution >= 0.6 is 0 Å². The molecule has 0 radical (unpaired) electrons. The molecule has 0 aromatic heterocycles. The third-order valence-electron chi connectivity index (χ3n) is 4.32. The van der Waals surface area contributed by atoms with Crippen molar-refractivity contribution in [2.45, 2.75) is 26.8 Å². The summed E-state index contributed by atoms with van der Waals surface area (Å²) in [5.74, 6) is 0. The van der Waals surface area contributed by atoms with Gasteiger partial charge in [-0.25, -0.2) is 0 Å². The standard InChI is InChI=1S/C18H24N2/c1-18(2,3)17-13-20(11-10-19-17)16-9-8-14-6-4-5-7-15(14)12-16/h4-9,12,17,19H,10-11,13H2,1-3H3. The fourth-order valence-electron chi connectivity index (χ4n) is 2.94. The van der Waals surface area contributed by atoms with Gasteiger partial charge in [0.2, 0.25) is 0 Å². The molecule has 1 N–H and O–H groups in total. The molecule has 106 valence electrons. The Labute approximate surface area is 121 Å². The van der Waals surface area contributed by atoms with Crippen LogP contribution in [0.2, 0.25) is 0 Å². The normalized spacial score (nSPS) is 20.4. The zero-order chi connectivity index (χ0) is 14.2. The Morgan fingerprint density at radius 1 is 1.05 bits per heavy atom. The van der Waals surface area contributed by atoms with Crippen molar-refractivity contribution in [3.63, 3.8) is 0 Å². The Bertz CT molecular complexity index is 598. The molecule has 1 fully saturated rings. The molecule has 0 bridgehead atoms. The van der Waals surface area contributed by atoms with Crippen LogP contribution in [0.25, 0.3) is 10.8 Å². The topological polar surface area (TPSA) is 15.3 Å². The molecule has 2 aromatic rings. The molecule has 2 aromatic carbocycles. The van der Waals surface area contributed by atoms with E-state index in [9.17, 15) is 0 Å². The molecule has 1 heterocycles. The molecular formula is C18H24N2. The second-order valence-corrected chi connectivity index (χ2v) is 6.85. The maximum Gasteiger partial charge on any atom is 0.0373 e. The van der Waals surface area contributed by atoms with E-state index < -0.39 is 0 Å². The Morgan fingerprint density at radius 3 is 2.55 bits per heavy atom. The molecule has 1 aliphatic heterocycles. The maximum absolute atomic E-state index is 3.65. The van der Waals surface area contributed by atoms with Crippen LogP contribution in [0, 0.1) is 5.41 Å². The van der Waals surface area contributed by atoms with Crippen LogP contribution in [0.1, 0.15) is 20.8 Å². The molecule has 2 nitrogen and oxygen atoms in total. The molecule has 2 heteroatoms. The monoisotopic (exact) mass is 268 g/mol. The number of nitrogens with one attached hydrogen (secondary N) is 1. The first-order valence-corrected chi connectivity index (χ1v) is 7.51. The van der Waals surface area contributed by atoms with E-state index in [2.05, 4.69) is 73.5 Å². The number of hydrogen-bond donors (Lipinski definition) is 1. The predicted molar refractivity (Wildman–Crippen MR) is 87.4 cm³/mol. The summed E-state index contributed by atoms with van der Waals surface area (Å²) < 4.78 is 0. The number of nitrogens with zero attached hydrogens (tertiary/aromatic N) is 1. The lowest BCUT2D eigenvalue weighted by atomic mass is 9.85. The van der Waals surface area contributed by atoms with Gasteiger partial charge in [-0.2, -0.15) is 0 Å². The first kappa shape index (κ1) is 13.4. The van der Waals surface area contributed by atoms with E-state index in [1.807, 2.05) is 0 Å². The van der Waals surface area contributed by atoms with Gasteiger partial charge >= 0.3 is 0 Å². The van der Waals surface area contributed by atoms with Gasteiger partial charge in [-0.05, 0) is 28.3 Å². The third-order valence-corrected chi connectivity index (χ3v) is 4.32. The minimum atomic E-state index is 0.301. The van der Waals surface area contributed by atoms with Gasteiger partial charge in [-0.15, -0.1) is 0 Å². The van der Waals surface area contributed by atoms with Crippen molar-refractivity contribution in [1.82, 2.24) is 5.32 Å². The van der Waals surface area contributed by atoms with E-state index in [1.54, 1.807) is 0 Å². The molecule has 3 rings (SSSR count). The summed E-state index contributed by atoms with van der Waals surface area (Å²) in [6, 6.07) is 15.9. The van der Waals surface area contributed by atoms with Crippen molar-refractivity contribution in [3.8, 4) is 0 Å². The lowest BCUT2D eigenvalue weighted by molar-refractivity contribution is 0.254. The van der Waals surface area contributed by atoms with E-state index in [0.717, 1.165) is 19.6 Å². The number of piperazine rings is 1. The number of hydrogen-bond acceptors (Lipinski definition) is 2. The molecule has 0 saturated carbocycles. The Kier molecular flexibility index (Phi) is 3.43. The molecule has 0 spiro atoms. The summed E-state index contributed by atoms with van der Waals surface area (Å²) in [7, 11) is 0. The highest BCUT2D eigenvalue weighted by molar-refractivity contribution is 5.85. The van der Waals surface area contributed by atoms with Crippen LogP contribution in [-0.4, -0.2) is 25.7 Å². The van der Waals surface area contributed by atoms with E-state index in [1.165, 1.54) is 16.5 Å². The zero-order valence-electron chi connectivity index (χ0n) is 12.7. The molecular weight excluding hydrogens is 244 g/mol. The van der Waals surface area contributed by atoms with Gasteiger partial charge in [0.15, 0.2) is 0 Å². The highest BCUT2D eigenvalue weighted by atomic mass is 15.2. The van der Waals surface area contributed by atoms with Crippen LogP contribution in [0.3, 0.4) is 0 Å². The molecule has 0 aliphatic carbocycles. The fraction of sp³-hybridized carbons (Fsp3) is 0.444. The lowest BCUT2D eigenvalue weighted by Crippen LogP contribution is -2.56. The predicted octanol–water partition coefficient (Wildman–Crippen LogP) is 3.66. The van der Waals surface area contributed by atoms with Crippen molar-refractivity contribution < 1.29 is 0 Å². The first-order chi connectivity index (χ1) is 9.54. The van der Waals surface area contributed by atoms with Gasteiger partial charge in [0, 0.05) is 31.4 Å². The van der Waals surface area contributed by atoms with Crippen molar-refractivity contribution in [3.05, 3.63) is 42.5 Å². The van der Waals surface area contributed by atoms with Crippen molar-refractivity contribution in [1.29, 1.82) is 0 Å². The summed E-state index contributed by atoms with van der Waals surface area (Å²) in [4.78, 5) is 2.51. The molecule has 20 heavy (non-hydrogen) atoms. The van der Waals surface area contributed by atoms with Crippen LogP contribution in [0.4, 0.5) is 5.69 Å². The van der Waals surface area contributed by atoms with Gasteiger partial charge in [0.1, 0.15) is 0 Å². The van der Waals surface area contributed by atoms with Gasteiger partial charge in [-0.1, -0.05) is 51.1 Å². The molecule has 1 aliphatic rings. The smallest absolute Gasteiger partial charge is 0.0373 e. The average Bonchev–Trinajstić information content (AvgIpc) is 2.46. The first-order valence-electron chi connectivity index (χ1n) is 7.51. The summed E-state index contributed by atoms with van der Waals surface area (Å²) >= 11 is 0. The van der Waals surface area contributed by atoms with Crippen LogP contribution in [0.15, 0.2) is 42.5 Å². The largest absolute Gasteiger partial charge is 0.369 e. The van der Waals surface area contributed by atoms with Crippen molar-refractivity contribution >= 4 is 16.5 Å². The van der Waals surface area contributed by atoms with E-state index in [-0.39, 0.29) is 0 Å². The van der Waals surface area contributed by atoms with E-state index in [4.69, 9.17) is 0 Å². The summed E-state index contributed by atoms with van der Waals surface area (Å²) in [5.41, 5.74) is 1.65. The second-order valence-electron chi connectivity index (χ2n) is 6.85. The van der Waals surface area contributed by atoms with Gasteiger partial charge < -0.3 is 10.2 Å². The van der Waals surface area contributed by atoms with Crippen LogP contribution < -0.4 is 10.2 Å². The Morgan fingerprint density at radius 2 is 1.80 bits per heavy atom. The zero-order valence-corrected chi connectivity index (χ0v) is 12.7. The molecule has 0 amide bonds. The fourth-order valence-corrected chi connectivity index (χ4v) is 2.94. The van der Waals surface area contributed by atoms with Gasteiger partial charge in [0.25, 0.3) is 0 Å². The summed E-state index contributed by atoms with van der Waals surface area (Å²) in [6.07, 6.45) is 0. The molecule has 1 saturated heterocycles. The van der Waals surface area contributed by atoms with Gasteiger partial charge in [0.05, 0.1) is 0 Å². The highest BCUT2D eigenvalue weighted by Gasteiger charge is 2.29. The highest BCUT2D eigenvalue weighted by Crippen LogP contribution is 2.27. The van der Waals surface area contributed by atoms with Crippen molar-refractivity contribution in [2.24, 2.45) is 5.41 Å². The van der Waals surface area contributed by atoms with Gasteiger partial charge in [-0.3, -0.25) is 0 Å². The van der Waals surface area contributed by atoms with Crippen LogP contribution in [0.5, 0.6) is 0 Å². The third kappa shape index (κ3) is 2.66. The number of fused-ring (bicyclic) bond motifs is 1. The second kappa shape index (κ2) is 5.10. The number of benzene rings is 2. The lowest BCUT2D eigenvalue weighted by Gasteiger charge is -2.41. The average molecular weight is 268 g/mol. The summed E-state index contributed by atoms with van der Waals surface area (Å²) in [6.45, 7) is 10.2. The SMILES string of the molecule is CC(C)(C)C1CN(c2ccc3ccccc3c2)CCN1. The van der Waals surface area contributed by atoms with E-state index >= 15 is 0 Å². The summed E-state index contributed by atoms with van der Waals surface area (Å²) in [5, 5.41) is 6.30.